The molecule has 13 heavy (non-hydrogen) atoms. The van der Waals surface area contributed by atoms with E-state index < -0.39 is 18.1 Å². The molecule has 3 unspecified atom stereocenters. The summed E-state index contributed by atoms with van der Waals surface area (Å²) >= 11 is 0. The second kappa shape index (κ2) is 4.04. The summed E-state index contributed by atoms with van der Waals surface area (Å²) in [6.45, 7) is 2.28. The van der Waals surface area contributed by atoms with Crippen LogP contribution in [0, 0.1) is 0 Å². The summed E-state index contributed by atoms with van der Waals surface area (Å²) in [5.74, 6) is -0.887. The zero-order chi connectivity index (χ0) is 10.0. The number of likely N-dealkylation sites (N-methyl/N-ethyl adjacent to an activating group) is 1. The average Bonchev–Trinajstić information content (AvgIpc) is 2.48. The number of aliphatic carboxylic acids is 1. The van der Waals surface area contributed by atoms with Crippen molar-refractivity contribution >= 4 is 5.97 Å². The van der Waals surface area contributed by atoms with Gasteiger partial charge in [-0.1, -0.05) is 0 Å². The molecule has 1 rings (SSSR count). The molecule has 0 amide bonds. The van der Waals surface area contributed by atoms with Crippen molar-refractivity contribution in [2.24, 2.45) is 0 Å². The molecule has 0 aromatic carbocycles. The quantitative estimate of drug-likeness (QED) is 0.605. The summed E-state index contributed by atoms with van der Waals surface area (Å²) in [5, 5.41) is 18.2. The van der Waals surface area contributed by atoms with Gasteiger partial charge in [0.15, 0.2) is 0 Å². The minimum atomic E-state index is -0.887. The number of rotatable bonds is 3. The van der Waals surface area contributed by atoms with Crippen LogP contribution in [0.4, 0.5) is 0 Å². The van der Waals surface area contributed by atoms with Gasteiger partial charge in [0, 0.05) is 0 Å². The summed E-state index contributed by atoms with van der Waals surface area (Å²) in [4.78, 5) is 12.3. The number of carboxylic acids is 1. The molecule has 0 aliphatic carbocycles. The topological polar surface area (TPSA) is 70.0 Å². The van der Waals surface area contributed by atoms with Gasteiger partial charge in [0.2, 0.25) is 0 Å². The number of hydrogen-bond donors (Lipinski definition) is 2. The van der Waals surface area contributed by atoms with Gasteiger partial charge in [0.05, 0.1) is 25.4 Å². The highest BCUT2D eigenvalue weighted by atomic mass is 16.5. The van der Waals surface area contributed by atoms with E-state index >= 15 is 0 Å². The van der Waals surface area contributed by atoms with E-state index in [1.54, 1.807) is 18.9 Å². The molecular formula is C8H15NO4. The first kappa shape index (κ1) is 10.4. The monoisotopic (exact) mass is 189 g/mol. The Labute approximate surface area is 76.9 Å². The van der Waals surface area contributed by atoms with E-state index in [9.17, 15) is 9.90 Å². The Kier molecular flexibility index (Phi) is 3.24. The number of aliphatic hydroxyl groups excluding tert-OH is 1. The van der Waals surface area contributed by atoms with E-state index in [0.29, 0.717) is 13.2 Å². The zero-order valence-electron chi connectivity index (χ0n) is 7.80. The lowest BCUT2D eigenvalue weighted by Gasteiger charge is -2.28. The Bertz CT molecular complexity index is 197. The van der Waals surface area contributed by atoms with Crippen molar-refractivity contribution in [1.82, 2.24) is 4.90 Å². The largest absolute Gasteiger partial charge is 0.480 e. The molecule has 3 atom stereocenters. The number of aliphatic hydroxyl groups is 1. The van der Waals surface area contributed by atoms with Crippen molar-refractivity contribution in [2.75, 3.05) is 20.3 Å². The molecule has 1 aliphatic heterocycles. The molecular weight excluding hydrogens is 174 g/mol. The minimum absolute atomic E-state index is 0.203. The summed E-state index contributed by atoms with van der Waals surface area (Å²) in [5.41, 5.74) is 0. The highest BCUT2D eigenvalue weighted by Crippen LogP contribution is 2.14. The smallest absolute Gasteiger partial charge is 0.320 e. The van der Waals surface area contributed by atoms with Gasteiger partial charge < -0.3 is 14.9 Å². The van der Waals surface area contributed by atoms with Crippen molar-refractivity contribution in [1.29, 1.82) is 0 Å². The molecule has 0 bridgehead atoms. The molecule has 0 aromatic heterocycles. The Hall–Kier alpha value is -0.650. The zero-order valence-corrected chi connectivity index (χ0v) is 7.80. The second-order valence-corrected chi connectivity index (χ2v) is 3.35. The summed E-state index contributed by atoms with van der Waals surface area (Å²) < 4.78 is 5.04. The minimum Gasteiger partial charge on any atom is -0.480 e. The van der Waals surface area contributed by atoms with Gasteiger partial charge in [-0.3, -0.25) is 9.69 Å². The first-order valence-corrected chi connectivity index (χ1v) is 4.24. The highest BCUT2D eigenvalue weighted by molar-refractivity contribution is 5.72. The third kappa shape index (κ3) is 2.18. The van der Waals surface area contributed by atoms with Crippen LogP contribution in [0.5, 0.6) is 0 Å². The van der Waals surface area contributed by atoms with E-state index in [1.165, 1.54) is 0 Å². The van der Waals surface area contributed by atoms with Crippen LogP contribution in [0.3, 0.4) is 0 Å². The van der Waals surface area contributed by atoms with Crippen molar-refractivity contribution in [3.63, 3.8) is 0 Å². The Morgan fingerprint density at radius 3 is 2.62 bits per heavy atom. The van der Waals surface area contributed by atoms with Gasteiger partial charge in [0.1, 0.15) is 6.04 Å². The number of carboxylic acid groups (broad SMARTS) is 1. The predicted octanol–water partition coefficient (Wildman–Crippen LogP) is -0.849. The molecule has 0 radical (unpaired) electrons. The van der Waals surface area contributed by atoms with Crippen LogP contribution in [0.25, 0.3) is 0 Å². The van der Waals surface area contributed by atoms with Crippen molar-refractivity contribution in [3.05, 3.63) is 0 Å². The molecule has 0 aromatic rings. The molecule has 1 saturated heterocycles. The Morgan fingerprint density at radius 2 is 2.23 bits per heavy atom. The van der Waals surface area contributed by atoms with Crippen LogP contribution in [0.2, 0.25) is 0 Å². The van der Waals surface area contributed by atoms with Crippen LogP contribution in [-0.2, 0) is 9.53 Å². The SMILES string of the molecule is CC(C(=O)O)N(C)C1COCC1O. The molecule has 0 spiro atoms. The highest BCUT2D eigenvalue weighted by Gasteiger charge is 2.33. The first-order chi connectivity index (χ1) is 6.04. The summed E-state index contributed by atoms with van der Waals surface area (Å²) in [6, 6.07) is -0.799. The maximum absolute atomic E-state index is 10.6. The lowest BCUT2D eigenvalue weighted by atomic mass is 10.1. The standard InChI is InChI=1S/C8H15NO4/c1-5(8(11)12)9(2)6-3-13-4-7(6)10/h5-7,10H,3-4H2,1-2H3,(H,11,12). The van der Waals surface area contributed by atoms with Gasteiger partial charge in [0.25, 0.3) is 0 Å². The third-order valence-corrected chi connectivity index (χ3v) is 2.51. The van der Waals surface area contributed by atoms with E-state index in [-0.39, 0.29) is 6.04 Å². The fourth-order valence-corrected chi connectivity index (χ4v) is 1.38. The molecule has 1 fully saturated rings. The van der Waals surface area contributed by atoms with Crippen molar-refractivity contribution in [3.8, 4) is 0 Å². The molecule has 1 heterocycles. The lowest BCUT2D eigenvalue weighted by Crippen LogP contribution is -2.48. The van der Waals surface area contributed by atoms with E-state index in [4.69, 9.17) is 9.84 Å². The van der Waals surface area contributed by atoms with Gasteiger partial charge in [-0.2, -0.15) is 0 Å². The van der Waals surface area contributed by atoms with Crippen molar-refractivity contribution < 1.29 is 19.7 Å². The molecule has 5 nitrogen and oxygen atoms in total. The van der Waals surface area contributed by atoms with E-state index in [0.717, 1.165) is 0 Å². The third-order valence-electron chi connectivity index (χ3n) is 2.51. The predicted molar refractivity (Wildman–Crippen MR) is 45.5 cm³/mol. The number of hydrogen-bond acceptors (Lipinski definition) is 4. The fraction of sp³-hybridized carbons (Fsp3) is 0.875. The second-order valence-electron chi connectivity index (χ2n) is 3.35. The molecule has 0 saturated carbocycles. The van der Waals surface area contributed by atoms with Crippen LogP contribution < -0.4 is 0 Å². The molecule has 5 heteroatoms. The number of ether oxygens (including phenoxy) is 1. The Balaban J connectivity index is 2.55. The molecule has 2 N–H and O–H groups in total. The Morgan fingerprint density at radius 1 is 1.62 bits per heavy atom. The lowest BCUT2D eigenvalue weighted by molar-refractivity contribution is -0.143. The first-order valence-electron chi connectivity index (χ1n) is 4.24. The van der Waals surface area contributed by atoms with Gasteiger partial charge in [-0.05, 0) is 14.0 Å². The maximum atomic E-state index is 10.6. The van der Waals surface area contributed by atoms with Crippen LogP contribution in [-0.4, -0.2) is 59.5 Å². The van der Waals surface area contributed by atoms with Crippen LogP contribution in [0.1, 0.15) is 6.92 Å². The van der Waals surface area contributed by atoms with Crippen molar-refractivity contribution in [2.45, 2.75) is 25.1 Å². The fourth-order valence-electron chi connectivity index (χ4n) is 1.38. The van der Waals surface area contributed by atoms with Gasteiger partial charge in [-0.15, -0.1) is 0 Å². The molecule has 1 aliphatic rings. The summed E-state index contributed by atoms with van der Waals surface area (Å²) in [7, 11) is 1.68. The summed E-state index contributed by atoms with van der Waals surface area (Å²) in [6.07, 6.45) is -0.577. The maximum Gasteiger partial charge on any atom is 0.320 e. The van der Waals surface area contributed by atoms with E-state index in [1.807, 2.05) is 0 Å². The number of nitrogens with zero attached hydrogens (tertiary/aromatic N) is 1. The number of carbonyl (C=O) groups is 1. The van der Waals surface area contributed by atoms with Crippen LogP contribution in [0.15, 0.2) is 0 Å². The molecule has 76 valence electrons. The normalized spacial score (nSPS) is 30.8. The van der Waals surface area contributed by atoms with Crippen LogP contribution >= 0.6 is 0 Å². The van der Waals surface area contributed by atoms with Gasteiger partial charge in [-0.25, -0.2) is 0 Å². The van der Waals surface area contributed by atoms with E-state index in [2.05, 4.69) is 0 Å². The van der Waals surface area contributed by atoms with Gasteiger partial charge >= 0.3 is 5.97 Å². The average molecular weight is 189 g/mol.